The predicted molar refractivity (Wildman–Crippen MR) is 71.8 cm³/mol. The molecular weight excluding hydrogens is 285 g/mol. The zero-order valence-electron chi connectivity index (χ0n) is 10.9. The predicted octanol–water partition coefficient (Wildman–Crippen LogP) is 2.77. The monoisotopic (exact) mass is 299 g/mol. The second-order valence-electron chi connectivity index (χ2n) is 5.23. The van der Waals surface area contributed by atoms with Crippen LogP contribution in [-0.4, -0.2) is 17.0 Å². The van der Waals surface area contributed by atoms with Gasteiger partial charge in [0, 0.05) is 5.92 Å². The van der Waals surface area contributed by atoms with E-state index in [0.29, 0.717) is 5.92 Å². The molecule has 20 heavy (non-hydrogen) atoms. The molecule has 108 valence electrons. The maximum Gasteiger partial charge on any atom is 0.330 e. The zero-order chi connectivity index (χ0) is 14.9. The average molecular weight is 300 g/mol. The van der Waals surface area contributed by atoms with Crippen LogP contribution >= 0.6 is 11.6 Å². The van der Waals surface area contributed by atoms with Gasteiger partial charge in [-0.3, -0.25) is 4.79 Å². The van der Waals surface area contributed by atoms with E-state index in [4.69, 9.17) is 11.6 Å². The van der Waals surface area contributed by atoms with Gasteiger partial charge in [0.15, 0.2) is 6.04 Å². The fourth-order valence-corrected chi connectivity index (χ4v) is 2.47. The summed E-state index contributed by atoms with van der Waals surface area (Å²) in [5, 5.41) is 11.6. The smallest absolute Gasteiger partial charge is 0.330 e. The highest BCUT2D eigenvalue weighted by atomic mass is 35.5. The fourth-order valence-electron chi connectivity index (χ4n) is 2.36. The van der Waals surface area contributed by atoms with Gasteiger partial charge in [-0.05, 0) is 36.5 Å². The van der Waals surface area contributed by atoms with E-state index in [-0.39, 0.29) is 22.4 Å². The number of carbonyl (C=O) groups excluding carboxylic acids is 1. The van der Waals surface area contributed by atoms with Crippen LogP contribution in [0.5, 0.6) is 0 Å². The number of carbonyl (C=O) groups is 2. The van der Waals surface area contributed by atoms with Crippen molar-refractivity contribution in [1.82, 2.24) is 5.32 Å². The lowest BCUT2D eigenvalue weighted by Gasteiger charge is -2.32. The molecule has 0 bridgehead atoms. The molecule has 0 aromatic heterocycles. The second kappa shape index (κ2) is 5.79. The summed E-state index contributed by atoms with van der Waals surface area (Å²) in [5.41, 5.74) is 0.167. The fraction of sp³-hybridized carbons (Fsp3) is 0.429. The Morgan fingerprint density at radius 3 is 2.60 bits per heavy atom. The highest BCUT2D eigenvalue weighted by molar-refractivity contribution is 6.30. The van der Waals surface area contributed by atoms with Gasteiger partial charge in [-0.2, -0.15) is 0 Å². The van der Waals surface area contributed by atoms with Crippen molar-refractivity contribution in [2.45, 2.75) is 25.8 Å². The Bertz CT molecular complexity index is 543. The lowest BCUT2D eigenvalue weighted by molar-refractivity contribution is -0.143. The summed E-state index contributed by atoms with van der Waals surface area (Å²) in [6.07, 6.45) is 1.51. The maximum atomic E-state index is 13.4. The summed E-state index contributed by atoms with van der Waals surface area (Å²) in [6, 6.07) is 2.45. The summed E-state index contributed by atoms with van der Waals surface area (Å²) in [4.78, 5) is 23.2. The topological polar surface area (TPSA) is 66.4 Å². The van der Waals surface area contributed by atoms with Crippen molar-refractivity contribution in [3.63, 3.8) is 0 Å². The number of hydrogen-bond donors (Lipinski definition) is 2. The molecule has 2 rings (SSSR count). The molecular formula is C14H15ClFNO3. The van der Waals surface area contributed by atoms with Crippen molar-refractivity contribution in [2.75, 3.05) is 0 Å². The number of aliphatic carboxylic acids is 1. The molecule has 1 amide bonds. The Morgan fingerprint density at radius 2 is 2.10 bits per heavy atom. The largest absolute Gasteiger partial charge is 0.479 e. The van der Waals surface area contributed by atoms with Crippen LogP contribution in [0.25, 0.3) is 0 Å². The third-order valence-electron chi connectivity index (χ3n) is 3.56. The number of rotatable bonds is 4. The van der Waals surface area contributed by atoms with Gasteiger partial charge in [-0.25, -0.2) is 9.18 Å². The lowest BCUT2D eigenvalue weighted by atomic mass is 9.75. The molecule has 0 radical (unpaired) electrons. The molecule has 1 saturated carbocycles. The molecule has 0 saturated heterocycles. The molecule has 0 aliphatic heterocycles. The van der Waals surface area contributed by atoms with Gasteiger partial charge in [0.25, 0.3) is 0 Å². The minimum atomic E-state index is -1.26. The van der Waals surface area contributed by atoms with Crippen molar-refractivity contribution >= 4 is 23.5 Å². The van der Waals surface area contributed by atoms with E-state index in [1.165, 1.54) is 12.1 Å². The highest BCUT2D eigenvalue weighted by Crippen LogP contribution is 2.33. The Balaban J connectivity index is 2.12. The Labute approximate surface area is 120 Å². The van der Waals surface area contributed by atoms with Gasteiger partial charge < -0.3 is 10.4 Å². The van der Waals surface area contributed by atoms with Gasteiger partial charge in [0.2, 0.25) is 5.91 Å². The van der Waals surface area contributed by atoms with E-state index in [1.807, 2.05) is 6.92 Å². The van der Waals surface area contributed by atoms with Crippen molar-refractivity contribution in [3.05, 3.63) is 34.6 Å². The molecule has 1 aromatic rings. The minimum Gasteiger partial charge on any atom is -0.479 e. The lowest BCUT2D eigenvalue weighted by Crippen LogP contribution is -2.42. The first-order valence-electron chi connectivity index (χ1n) is 6.36. The SMILES string of the molecule is CC1CC(C(=O)NC(C(=O)O)c2ccc(Cl)c(F)c2)C1. The Hall–Kier alpha value is -1.62. The van der Waals surface area contributed by atoms with Crippen molar-refractivity contribution in [1.29, 1.82) is 0 Å². The number of carboxylic acid groups (broad SMARTS) is 1. The number of carboxylic acids is 1. The highest BCUT2D eigenvalue weighted by Gasteiger charge is 2.34. The molecule has 4 nitrogen and oxygen atoms in total. The first kappa shape index (κ1) is 14.8. The van der Waals surface area contributed by atoms with Crippen LogP contribution in [0, 0.1) is 17.7 Å². The number of hydrogen-bond acceptors (Lipinski definition) is 2. The van der Waals surface area contributed by atoms with Crippen LogP contribution in [0.15, 0.2) is 18.2 Å². The van der Waals surface area contributed by atoms with Gasteiger partial charge >= 0.3 is 5.97 Å². The molecule has 1 aromatic carbocycles. The minimum absolute atomic E-state index is 0.0861. The zero-order valence-corrected chi connectivity index (χ0v) is 11.7. The van der Waals surface area contributed by atoms with E-state index in [1.54, 1.807) is 0 Å². The number of amides is 1. The second-order valence-corrected chi connectivity index (χ2v) is 5.63. The van der Waals surface area contributed by atoms with Gasteiger partial charge in [-0.15, -0.1) is 0 Å². The van der Waals surface area contributed by atoms with Gasteiger partial charge in [0.05, 0.1) is 5.02 Å². The summed E-state index contributed by atoms with van der Waals surface area (Å²) in [6.45, 7) is 2.03. The molecule has 1 aliphatic rings. The van der Waals surface area contributed by atoms with Gasteiger partial charge in [-0.1, -0.05) is 24.6 Å². The summed E-state index contributed by atoms with van der Waals surface area (Å²) < 4.78 is 13.4. The van der Waals surface area contributed by atoms with Crippen LogP contribution < -0.4 is 5.32 Å². The average Bonchev–Trinajstić information content (AvgIpc) is 2.35. The van der Waals surface area contributed by atoms with E-state index in [9.17, 15) is 19.1 Å². The van der Waals surface area contributed by atoms with E-state index >= 15 is 0 Å². The molecule has 2 N–H and O–H groups in total. The van der Waals surface area contributed by atoms with Crippen molar-refractivity contribution in [3.8, 4) is 0 Å². The maximum absolute atomic E-state index is 13.4. The summed E-state index contributed by atoms with van der Waals surface area (Å²) in [7, 11) is 0. The quantitative estimate of drug-likeness (QED) is 0.898. The van der Waals surface area contributed by atoms with E-state index in [2.05, 4.69) is 5.32 Å². The van der Waals surface area contributed by atoms with Crippen LogP contribution in [0.1, 0.15) is 31.4 Å². The van der Waals surface area contributed by atoms with Crippen LogP contribution in [0.3, 0.4) is 0 Å². The molecule has 1 unspecified atom stereocenters. The van der Waals surface area contributed by atoms with E-state index in [0.717, 1.165) is 18.9 Å². The first-order valence-corrected chi connectivity index (χ1v) is 6.74. The summed E-state index contributed by atoms with van der Waals surface area (Å²) in [5.74, 6) is -1.90. The van der Waals surface area contributed by atoms with Crippen molar-refractivity contribution < 1.29 is 19.1 Å². The Kier molecular flexibility index (Phi) is 4.28. The number of nitrogens with one attached hydrogen (secondary N) is 1. The molecule has 0 spiro atoms. The van der Waals surface area contributed by atoms with Crippen LogP contribution in [0.2, 0.25) is 5.02 Å². The summed E-state index contributed by atoms with van der Waals surface area (Å²) >= 11 is 5.56. The Morgan fingerprint density at radius 1 is 1.45 bits per heavy atom. The van der Waals surface area contributed by atoms with Crippen LogP contribution in [-0.2, 0) is 9.59 Å². The molecule has 0 heterocycles. The third-order valence-corrected chi connectivity index (χ3v) is 3.86. The van der Waals surface area contributed by atoms with Gasteiger partial charge in [0.1, 0.15) is 5.82 Å². The first-order chi connectivity index (χ1) is 9.38. The number of halogens is 2. The van der Waals surface area contributed by atoms with Crippen molar-refractivity contribution in [2.24, 2.45) is 11.8 Å². The molecule has 6 heteroatoms. The normalized spacial score (nSPS) is 22.8. The number of benzene rings is 1. The third kappa shape index (κ3) is 3.10. The molecule has 1 fully saturated rings. The van der Waals surface area contributed by atoms with E-state index < -0.39 is 17.8 Å². The standard InChI is InChI=1S/C14H15ClFNO3/c1-7-4-9(5-7)13(18)17-12(14(19)20)8-2-3-10(15)11(16)6-8/h2-3,6-7,9,12H,4-5H2,1H3,(H,17,18)(H,19,20). The van der Waals surface area contributed by atoms with Crippen LogP contribution in [0.4, 0.5) is 4.39 Å². The molecule has 1 atom stereocenters. The molecule has 1 aliphatic carbocycles.